The number of carbonyl (C=O) groups excluding carboxylic acids is 1. The van der Waals surface area contributed by atoms with Gasteiger partial charge < -0.3 is 9.30 Å². The average Bonchev–Trinajstić information content (AvgIpc) is 2.83. The smallest absolute Gasteiger partial charge is 0.327 e. The Labute approximate surface area is 130 Å². The molecule has 1 heterocycles. The van der Waals surface area contributed by atoms with E-state index in [1.54, 1.807) is 0 Å². The SMILES string of the molecule is COC(=O)[C@H](NCc1cc(C#N)n(C)c1C)c1ccccc1. The third-order valence-corrected chi connectivity index (χ3v) is 3.82. The summed E-state index contributed by atoms with van der Waals surface area (Å²) in [6.45, 7) is 2.43. The van der Waals surface area contributed by atoms with Crippen molar-refractivity contribution in [2.75, 3.05) is 7.11 Å². The highest BCUT2D eigenvalue weighted by molar-refractivity contribution is 5.77. The van der Waals surface area contributed by atoms with Crippen molar-refractivity contribution >= 4 is 5.97 Å². The second-order valence-electron chi connectivity index (χ2n) is 5.06. The highest BCUT2D eigenvalue weighted by Gasteiger charge is 2.21. The van der Waals surface area contributed by atoms with Crippen LogP contribution in [0.2, 0.25) is 0 Å². The number of nitriles is 1. The molecule has 0 amide bonds. The van der Waals surface area contributed by atoms with E-state index in [1.165, 1.54) is 7.11 Å². The van der Waals surface area contributed by atoms with Crippen LogP contribution in [0.5, 0.6) is 0 Å². The minimum atomic E-state index is -0.531. The maximum Gasteiger partial charge on any atom is 0.327 e. The molecule has 1 N–H and O–H groups in total. The first kappa shape index (κ1) is 15.8. The first-order chi connectivity index (χ1) is 10.6. The summed E-state index contributed by atoms with van der Waals surface area (Å²) in [6.07, 6.45) is 0. The molecule has 114 valence electrons. The fourth-order valence-corrected chi connectivity index (χ4v) is 2.36. The Morgan fingerprint density at radius 3 is 2.64 bits per heavy atom. The Balaban J connectivity index is 2.19. The van der Waals surface area contributed by atoms with Crippen LogP contribution in [-0.2, 0) is 23.1 Å². The van der Waals surface area contributed by atoms with Crippen LogP contribution in [0.4, 0.5) is 0 Å². The minimum absolute atomic E-state index is 0.333. The summed E-state index contributed by atoms with van der Waals surface area (Å²) < 4.78 is 6.72. The van der Waals surface area contributed by atoms with Crippen molar-refractivity contribution in [3.05, 3.63) is 58.9 Å². The highest BCUT2D eigenvalue weighted by Crippen LogP contribution is 2.18. The van der Waals surface area contributed by atoms with Gasteiger partial charge in [0.15, 0.2) is 0 Å². The highest BCUT2D eigenvalue weighted by atomic mass is 16.5. The van der Waals surface area contributed by atoms with Crippen LogP contribution in [-0.4, -0.2) is 17.6 Å². The standard InChI is InChI=1S/C17H19N3O2/c1-12-14(9-15(10-18)20(12)2)11-19-16(17(21)22-3)13-7-5-4-6-8-13/h4-9,16,19H,11H2,1-3H3/t16-/m1/s1. The van der Waals surface area contributed by atoms with Crippen molar-refractivity contribution < 1.29 is 9.53 Å². The van der Waals surface area contributed by atoms with E-state index in [4.69, 9.17) is 10.00 Å². The lowest BCUT2D eigenvalue weighted by Gasteiger charge is -2.17. The Bertz CT molecular complexity index is 699. The van der Waals surface area contributed by atoms with Crippen molar-refractivity contribution in [2.24, 2.45) is 7.05 Å². The monoisotopic (exact) mass is 297 g/mol. The Morgan fingerprint density at radius 1 is 1.41 bits per heavy atom. The van der Waals surface area contributed by atoms with Crippen molar-refractivity contribution in [3.8, 4) is 6.07 Å². The molecule has 0 radical (unpaired) electrons. The molecule has 0 saturated heterocycles. The number of nitrogens with zero attached hydrogens (tertiary/aromatic N) is 2. The van der Waals surface area contributed by atoms with Gasteiger partial charge >= 0.3 is 5.97 Å². The summed E-state index contributed by atoms with van der Waals surface area (Å²) in [5.74, 6) is -0.333. The first-order valence-electron chi connectivity index (χ1n) is 7.00. The molecule has 0 aliphatic rings. The predicted molar refractivity (Wildman–Crippen MR) is 82.9 cm³/mol. The van der Waals surface area contributed by atoms with Crippen LogP contribution < -0.4 is 5.32 Å². The van der Waals surface area contributed by atoms with Gasteiger partial charge in [-0.1, -0.05) is 30.3 Å². The van der Waals surface area contributed by atoms with Gasteiger partial charge in [0.2, 0.25) is 0 Å². The quantitative estimate of drug-likeness (QED) is 0.859. The third-order valence-electron chi connectivity index (χ3n) is 3.82. The number of benzene rings is 1. The van der Waals surface area contributed by atoms with Gasteiger partial charge in [0, 0.05) is 19.3 Å². The van der Waals surface area contributed by atoms with Gasteiger partial charge in [-0.2, -0.15) is 5.26 Å². The van der Waals surface area contributed by atoms with Crippen molar-refractivity contribution in [1.29, 1.82) is 5.26 Å². The van der Waals surface area contributed by atoms with Crippen LogP contribution in [0.25, 0.3) is 0 Å². The molecule has 5 heteroatoms. The lowest BCUT2D eigenvalue weighted by atomic mass is 10.1. The number of carbonyl (C=O) groups is 1. The Morgan fingerprint density at radius 2 is 2.09 bits per heavy atom. The average molecular weight is 297 g/mol. The van der Waals surface area contributed by atoms with E-state index >= 15 is 0 Å². The van der Waals surface area contributed by atoms with Crippen LogP contribution in [0, 0.1) is 18.3 Å². The number of methoxy groups -OCH3 is 1. The van der Waals surface area contributed by atoms with Gasteiger partial charge in [0.1, 0.15) is 17.8 Å². The van der Waals surface area contributed by atoms with Gasteiger partial charge in [-0.3, -0.25) is 5.32 Å². The summed E-state index contributed by atoms with van der Waals surface area (Å²) in [4.78, 5) is 12.0. The van der Waals surface area contributed by atoms with E-state index in [2.05, 4.69) is 11.4 Å². The topological polar surface area (TPSA) is 67.0 Å². The lowest BCUT2D eigenvalue weighted by molar-refractivity contribution is -0.143. The third kappa shape index (κ3) is 3.18. The van der Waals surface area contributed by atoms with Crippen molar-refractivity contribution in [3.63, 3.8) is 0 Å². The summed E-state index contributed by atoms with van der Waals surface area (Å²) in [6, 6.07) is 12.9. The lowest BCUT2D eigenvalue weighted by Crippen LogP contribution is -2.29. The molecule has 0 saturated carbocycles. The normalized spacial score (nSPS) is 11.7. The van der Waals surface area contributed by atoms with Crippen LogP contribution >= 0.6 is 0 Å². The van der Waals surface area contributed by atoms with Crippen LogP contribution in [0.3, 0.4) is 0 Å². The zero-order chi connectivity index (χ0) is 16.1. The molecule has 1 aromatic carbocycles. The molecule has 0 spiro atoms. The first-order valence-corrected chi connectivity index (χ1v) is 7.00. The van der Waals surface area contributed by atoms with Gasteiger partial charge in [-0.25, -0.2) is 4.79 Å². The van der Waals surface area contributed by atoms with Crippen molar-refractivity contribution in [2.45, 2.75) is 19.5 Å². The van der Waals surface area contributed by atoms with E-state index in [9.17, 15) is 4.79 Å². The number of nitrogens with one attached hydrogen (secondary N) is 1. The predicted octanol–water partition coefficient (Wildman–Crippen LogP) is 2.21. The van der Waals surface area contributed by atoms with Gasteiger partial charge in [0.25, 0.3) is 0 Å². The van der Waals surface area contributed by atoms with Crippen LogP contribution in [0.15, 0.2) is 36.4 Å². The largest absolute Gasteiger partial charge is 0.468 e. The summed E-state index contributed by atoms with van der Waals surface area (Å²) >= 11 is 0. The summed E-state index contributed by atoms with van der Waals surface area (Å²) in [5.41, 5.74) is 3.44. The molecule has 0 fully saturated rings. The molecule has 0 unspecified atom stereocenters. The molecule has 0 bridgehead atoms. The second kappa shape index (κ2) is 6.92. The molecule has 0 aliphatic carbocycles. The number of esters is 1. The fraction of sp³-hybridized carbons (Fsp3) is 0.294. The van der Waals surface area contributed by atoms with E-state index < -0.39 is 6.04 Å². The number of hydrogen-bond donors (Lipinski definition) is 1. The molecule has 0 aliphatic heterocycles. The Hall–Kier alpha value is -2.58. The molecule has 1 atom stereocenters. The molecule has 22 heavy (non-hydrogen) atoms. The number of aromatic nitrogens is 1. The maximum absolute atomic E-state index is 12.0. The molecular weight excluding hydrogens is 278 g/mol. The van der Waals surface area contributed by atoms with E-state index in [0.717, 1.165) is 16.8 Å². The van der Waals surface area contributed by atoms with E-state index in [0.29, 0.717) is 12.2 Å². The minimum Gasteiger partial charge on any atom is -0.468 e. The van der Waals surface area contributed by atoms with Gasteiger partial charge in [-0.15, -0.1) is 0 Å². The number of ether oxygens (including phenoxy) is 1. The van der Waals surface area contributed by atoms with E-state index in [-0.39, 0.29) is 5.97 Å². The summed E-state index contributed by atoms with van der Waals surface area (Å²) in [7, 11) is 3.23. The number of hydrogen-bond acceptors (Lipinski definition) is 4. The molecule has 2 aromatic rings. The zero-order valence-electron chi connectivity index (χ0n) is 13.0. The van der Waals surface area contributed by atoms with Gasteiger partial charge in [-0.05, 0) is 24.1 Å². The van der Waals surface area contributed by atoms with Crippen molar-refractivity contribution in [1.82, 2.24) is 9.88 Å². The molecular formula is C17H19N3O2. The van der Waals surface area contributed by atoms with E-state index in [1.807, 2.05) is 54.9 Å². The molecule has 1 aromatic heterocycles. The zero-order valence-corrected chi connectivity index (χ0v) is 13.0. The second-order valence-corrected chi connectivity index (χ2v) is 5.06. The summed E-state index contributed by atoms with van der Waals surface area (Å²) in [5, 5.41) is 12.3. The van der Waals surface area contributed by atoms with Gasteiger partial charge in [0.05, 0.1) is 7.11 Å². The van der Waals surface area contributed by atoms with Crippen LogP contribution in [0.1, 0.15) is 28.6 Å². The fourth-order valence-electron chi connectivity index (χ4n) is 2.36. The molecule has 2 rings (SSSR count). The Kier molecular flexibility index (Phi) is 4.97. The molecule has 5 nitrogen and oxygen atoms in total. The number of rotatable bonds is 5. The maximum atomic E-state index is 12.0.